The monoisotopic (exact) mass is 263 g/mol. The first-order valence-electron chi connectivity index (χ1n) is 5.59. The number of nitrogens with zero attached hydrogens (tertiary/aromatic N) is 1. The average Bonchev–Trinajstić information content (AvgIpc) is 2.35. The summed E-state index contributed by atoms with van der Waals surface area (Å²) in [5.41, 5.74) is 2.29. The van der Waals surface area contributed by atoms with Crippen molar-refractivity contribution in [2.45, 2.75) is 12.2 Å². The zero-order valence-corrected chi connectivity index (χ0v) is 10.3. The van der Waals surface area contributed by atoms with Crippen molar-refractivity contribution in [1.82, 2.24) is 4.98 Å². The highest BCUT2D eigenvalue weighted by Gasteiger charge is 2.22. The fourth-order valence-electron chi connectivity index (χ4n) is 2.28. The predicted molar refractivity (Wildman–Crippen MR) is 68.5 cm³/mol. The number of carboxylic acid groups (broad SMARTS) is 1. The highest BCUT2D eigenvalue weighted by molar-refractivity contribution is 7.98. The van der Waals surface area contributed by atoms with E-state index in [2.05, 4.69) is 4.98 Å². The summed E-state index contributed by atoms with van der Waals surface area (Å²) in [5, 5.41) is 9.90. The molecule has 1 aliphatic heterocycles. The zero-order valence-electron chi connectivity index (χ0n) is 9.44. The summed E-state index contributed by atoms with van der Waals surface area (Å²) >= 11 is 1.70. The molecule has 1 N–H and O–H groups in total. The van der Waals surface area contributed by atoms with Crippen molar-refractivity contribution in [2.24, 2.45) is 0 Å². The van der Waals surface area contributed by atoms with Gasteiger partial charge in [-0.1, -0.05) is 0 Å². The van der Waals surface area contributed by atoms with E-state index in [0.717, 1.165) is 23.4 Å². The third-order valence-electron chi connectivity index (χ3n) is 3.08. The lowest BCUT2D eigenvalue weighted by molar-refractivity contribution is 0.0698. The largest absolute Gasteiger partial charge is 0.478 e. The van der Waals surface area contributed by atoms with E-state index in [4.69, 9.17) is 0 Å². The molecule has 0 amide bonds. The van der Waals surface area contributed by atoms with Crippen molar-refractivity contribution in [1.29, 1.82) is 0 Å². The topological polar surface area (TPSA) is 50.2 Å². The van der Waals surface area contributed by atoms with Gasteiger partial charge in [-0.25, -0.2) is 9.18 Å². The minimum absolute atomic E-state index is 0.280. The normalized spacial score (nSPS) is 14.5. The molecule has 0 bridgehead atoms. The maximum atomic E-state index is 13.2. The number of hydrogen-bond acceptors (Lipinski definition) is 3. The van der Waals surface area contributed by atoms with Gasteiger partial charge < -0.3 is 5.11 Å². The molecule has 2 aromatic rings. The van der Waals surface area contributed by atoms with Gasteiger partial charge in [-0.3, -0.25) is 4.98 Å². The van der Waals surface area contributed by atoms with Gasteiger partial charge in [-0.15, -0.1) is 0 Å². The molecule has 3 nitrogen and oxygen atoms in total. The van der Waals surface area contributed by atoms with Gasteiger partial charge in [0.05, 0.1) is 11.1 Å². The molecule has 0 atom stereocenters. The van der Waals surface area contributed by atoms with Crippen molar-refractivity contribution in [3.8, 4) is 0 Å². The molecule has 18 heavy (non-hydrogen) atoms. The number of carbonyl (C=O) groups is 1. The van der Waals surface area contributed by atoms with Crippen molar-refractivity contribution in [3.05, 3.63) is 40.8 Å². The molecule has 3 rings (SSSR count). The summed E-state index contributed by atoms with van der Waals surface area (Å²) in [5.74, 6) is 0.237. The Morgan fingerprint density at radius 1 is 1.44 bits per heavy atom. The van der Waals surface area contributed by atoms with Crippen LogP contribution < -0.4 is 0 Å². The van der Waals surface area contributed by atoms with Gasteiger partial charge in [0.15, 0.2) is 0 Å². The Hall–Kier alpha value is -1.62. The Labute approximate surface area is 107 Å². The molecule has 1 aromatic carbocycles. The second-order valence-electron chi connectivity index (χ2n) is 4.18. The molecule has 0 aliphatic carbocycles. The van der Waals surface area contributed by atoms with Gasteiger partial charge in [0.1, 0.15) is 5.82 Å². The maximum absolute atomic E-state index is 13.2. The van der Waals surface area contributed by atoms with Crippen LogP contribution in [0.25, 0.3) is 10.9 Å². The lowest BCUT2D eigenvalue weighted by Gasteiger charge is -2.18. The van der Waals surface area contributed by atoms with E-state index in [9.17, 15) is 14.3 Å². The number of rotatable bonds is 1. The minimum Gasteiger partial charge on any atom is -0.478 e. The van der Waals surface area contributed by atoms with Crippen molar-refractivity contribution >= 4 is 28.6 Å². The van der Waals surface area contributed by atoms with Crippen LogP contribution in [0, 0.1) is 5.82 Å². The van der Waals surface area contributed by atoms with Gasteiger partial charge in [0.2, 0.25) is 0 Å². The quantitative estimate of drug-likeness (QED) is 0.859. The third kappa shape index (κ3) is 1.75. The second kappa shape index (κ2) is 4.24. The molecular formula is C13H10FNO2S. The lowest BCUT2D eigenvalue weighted by atomic mass is 10.00. The number of hydrogen-bond donors (Lipinski definition) is 1. The molecule has 1 aliphatic rings. The van der Waals surface area contributed by atoms with Crippen LogP contribution in [0.1, 0.15) is 21.6 Å². The molecule has 0 spiro atoms. The van der Waals surface area contributed by atoms with E-state index in [0.29, 0.717) is 16.7 Å². The first kappa shape index (κ1) is 11.5. The van der Waals surface area contributed by atoms with Crippen LogP contribution in [0.4, 0.5) is 4.39 Å². The average molecular weight is 263 g/mol. The molecule has 0 radical (unpaired) electrons. The molecule has 0 unspecified atom stereocenters. The first-order valence-corrected chi connectivity index (χ1v) is 6.74. The van der Waals surface area contributed by atoms with Gasteiger partial charge in [-0.05, 0) is 29.9 Å². The number of carboxylic acids is 1. The van der Waals surface area contributed by atoms with Gasteiger partial charge in [-0.2, -0.15) is 11.8 Å². The maximum Gasteiger partial charge on any atom is 0.336 e. The van der Waals surface area contributed by atoms with Crippen molar-refractivity contribution in [2.75, 3.05) is 5.75 Å². The Balaban J connectivity index is 2.40. The highest BCUT2D eigenvalue weighted by atomic mass is 32.2. The fourth-order valence-corrected chi connectivity index (χ4v) is 3.28. The molecule has 2 heterocycles. The van der Waals surface area contributed by atoms with Crippen LogP contribution in [0.2, 0.25) is 0 Å². The Bertz CT molecular complexity index is 657. The minimum atomic E-state index is -0.965. The summed E-state index contributed by atoms with van der Waals surface area (Å²) in [6.45, 7) is 0. The summed E-state index contributed by atoms with van der Waals surface area (Å²) in [6.07, 6.45) is 0.743. The number of aromatic nitrogens is 1. The second-order valence-corrected chi connectivity index (χ2v) is 5.29. The number of thioether (sulfide) groups is 1. The number of benzene rings is 1. The molecule has 0 fully saturated rings. The fraction of sp³-hybridized carbons (Fsp3) is 0.231. The Kier molecular flexibility index (Phi) is 2.70. The van der Waals surface area contributed by atoms with E-state index in [1.807, 2.05) is 0 Å². The van der Waals surface area contributed by atoms with Crippen LogP contribution in [0.15, 0.2) is 18.2 Å². The number of fused-ring (bicyclic) bond motifs is 2. The van der Waals surface area contributed by atoms with Crippen LogP contribution in [0.5, 0.6) is 0 Å². The van der Waals surface area contributed by atoms with Gasteiger partial charge in [0.25, 0.3) is 0 Å². The van der Waals surface area contributed by atoms with E-state index >= 15 is 0 Å². The Morgan fingerprint density at radius 3 is 3.06 bits per heavy atom. The molecule has 0 saturated heterocycles. The smallest absolute Gasteiger partial charge is 0.336 e. The molecule has 0 saturated carbocycles. The van der Waals surface area contributed by atoms with Gasteiger partial charge >= 0.3 is 5.97 Å². The van der Waals surface area contributed by atoms with Crippen LogP contribution in [-0.2, 0) is 12.2 Å². The van der Waals surface area contributed by atoms with E-state index < -0.39 is 11.8 Å². The van der Waals surface area contributed by atoms with E-state index in [1.165, 1.54) is 18.2 Å². The molecular weight excluding hydrogens is 253 g/mol. The summed E-state index contributed by atoms with van der Waals surface area (Å²) in [6, 6.07) is 4.07. The van der Waals surface area contributed by atoms with Crippen molar-refractivity contribution in [3.63, 3.8) is 0 Å². The molecule has 5 heteroatoms. The number of aryl methyl sites for hydroxylation is 1. The first-order chi connectivity index (χ1) is 8.66. The summed E-state index contributed by atoms with van der Waals surface area (Å²) in [7, 11) is 0. The van der Waals surface area contributed by atoms with Crippen LogP contribution >= 0.6 is 11.8 Å². The summed E-state index contributed by atoms with van der Waals surface area (Å²) < 4.78 is 13.2. The molecule has 1 aromatic heterocycles. The highest BCUT2D eigenvalue weighted by Crippen LogP contribution is 2.31. The molecule has 92 valence electrons. The van der Waals surface area contributed by atoms with Crippen LogP contribution in [0.3, 0.4) is 0 Å². The Morgan fingerprint density at radius 2 is 2.28 bits per heavy atom. The number of aromatic carboxylic acids is 1. The summed E-state index contributed by atoms with van der Waals surface area (Å²) in [4.78, 5) is 15.8. The third-order valence-corrected chi connectivity index (χ3v) is 4.06. The van der Waals surface area contributed by atoms with Crippen molar-refractivity contribution < 1.29 is 14.3 Å². The van der Waals surface area contributed by atoms with Crippen LogP contribution in [-0.4, -0.2) is 21.8 Å². The predicted octanol–water partition coefficient (Wildman–Crippen LogP) is 2.86. The number of halogens is 1. The zero-order chi connectivity index (χ0) is 12.7. The van der Waals surface area contributed by atoms with E-state index in [-0.39, 0.29) is 5.56 Å². The SMILES string of the molecule is O=C(O)c1c2c(nc3cc(F)ccc13)CCSC2. The number of pyridine rings is 1. The van der Waals surface area contributed by atoms with Gasteiger partial charge in [0, 0.05) is 22.9 Å². The lowest BCUT2D eigenvalue weighted by Crippen LogP contribution is -2.13. The standard InChI is InChI=1S/C13H10FNO2S/c14-7-1-2-8-11(5-7)15-10-3-4-18-6-9(10)12(8)13(16)17/h1-2,5H,3-4,6H2,(H,16,17). The van der Waals surface area contributed by atoms with E-state index in [1.54, 1.807) is 11.8 Å².